The molecule has 0 amide bonds. The number of ether oxygens (including phenoxy) is 3. The van der Waals surface area contributed by atoms with Crippen LogP contribution in [0, 0.1) is 6.92 Å². The quantitative estimate of drug-likeness (QED) is 0.123. The second-order valence-electron chi connectivity index (χ2n) is 12.2. The van der Waals surface area contributed by atoms with Gasteiger partial charge in [-0.2, -0.15) is 0 Å². The van der Waals surface area contributed by atoms with Crippen molar-refractivity contribution in [1.82, 2.24) is 0 Å². The number of aromatic carboxylic acids is 1. The number of rotatable bonds is 11. The minimum Gasteiger partial charge on any atom is -0.545 e. The van der Waals surface area contributed by atoms with E-state index in [1.165, 1.54) is 25.6 Å². The van der Waals surface area contributed by atoms with E-state index in [0.717, 1.165) is 0 Å². The van der Waals surface area contributed by atoms with Gasteiger partial charge >= 0.3 is 0 Å². The number of para-hydroxylation sites is 3. The third kappa shape index (κ3) is 9.34. The van der Waals surface area contributed by atoms with Crippen LogP contribution < -0.4 is 19.3 Å². The Bertz CT molecular complexity index is 2380. The second kappa shape index (κ2) is 18.0. The molecule has 0 aliphatic rings. The molecule has 0 aliphatic heterocycles. The van der Waals surface area contributed by atoms with E-state index in [2.05, 4.69) is 79.0 Å². The number of aryl methyl sites for hydroxylation is 1. The van der Waals surface area contributed by atoms with E-state index < -0.39 is 5.97 Å². The van der Waals surface area contributed by atoms with Crippen LogP contribution >= 0.6 is 11.3 Å². The molecule has 1 aromatic heterocycles. The molecule has 0 atom stereocenters. The van der Waals surface area contributed by atoms with Crippen molar-refractivity contribution in [3.8, 4) is 45.6 Å². The molecule has 55 heavy (non-hydrogen) atoms. The van der Waals surface area contributed by atoms with Crippen LogP contribution in [0.5, 0.6) is 34.5 Å². The molecular weight excluding hydrogens is 721 g/mol. The molecule has 0 spiro atoms. The number of benzene rings is 7. The summed E-state index contributed by atoms with van der Waals surface area (Å²) in [6, 6.07) is 61.7. The van der Waals surface area contributed by atoms with Crippen molar-refractivity contribution < 1.29 is 24.1 Å². The Hall–Kier alpha value is -6.54. The van der Waals surface area contributed by atoms with Gasteiger partial charge in [-0.25, -0.2) is 0 Å². The summed E-state index contributed by atoms with van der Waals surface area (Å²) in [6.45, 7) is 2.16. The Kier molecular flexibility index (Phi) is 12.0. The molecule has 7 aromatic carbocycles. The van der Waals surface area contributed by atoms with Gasteiger partial charge in [0.2, 0.25) is 9.96 Å². The lowest BCUT2D eigenvalue weighted by molar-refractivity contribution is -0.255. The molecule has 8 rings (SSSR count). The van der Waals surface area contributed by atoms with Gasteiger partial charge in [-0.15, -0.1) is 0 Å². The summed E-state index contributed by atoms with van der Waals surface area (Å²) in [5.74, 6) is 0.799. The van der Waals surface area contributed by atoms with Crippen LogP contribution in [0.15, 0.2) is 214 Å². The lowest BCUT2D eigenvalue weighted by Crippen LogP contribution is -2.23. The zero-order chi connectivity index (χ0) is 37.8. The fraction of sp³-hybridized carbons (Fsp3) is 0.0208. The largest absolute Gasteiger partial charge is 0.545 e. The molecule has 0 bridgehead atoms. The van der Waals surface area contributed by atoms with Gasteiger partial charge in [-0.3, -0.25) is 0 Å². The van der Waals surface area contributed by atoms with Crippen LogP contribution in [-0.4, -0.2) is 5.97 Å². The first-order chi connectivity index (χ1) is 27.0. The van der Waals surface area contributed by atoms with Crippen molar-refractivity contribution >= 4 is 28.2 Å². The Morgan fingerprint density at radius 1 is 0.527 bits per heavy atom. The summed E-state index contributed by atoms with van der Waals surface area (Å²) in [4.78, 5) is 15.2. The molecule has 0 saturated carbocycles. The van der Waals surface area contributed by atoms with Crippen LogP contribution in [0.3, 0.4) is 0 Å². The summed E-state index contributed by atoms with van der Waals surface area (Å²) in [5, 5.41) is 14.6. The van der Waals surface area contributed by atoms with Crippen LogP contribution in [0.2, 0.25) is 0 Å². The molecule has 5 nitrogen and oxygen atoms in total. The highest BCUT2D eigenvalue weighted by molar-refractivity contribution is 7.98. The number of hydrogen-bond donors (Lipinski definition) is 0. The van der Waals surface area contributed by atoms with Crippen LogP contribution in [0.1, 0.15) is 15.9 Å². The summed E-state index contributed by atoms with van der Waals surface area (Å²) in [6.07, 6.45) is 0. The van der Waals surface area contributed by atoms with E-state index in [1.807, 2.05) is 96.3 Å². The standard InChI is InChI=1S/C31H22O5.C17H15S2/c32-31(33)26-21-27(34-23-15-7-2-8-16-23)29(35-24-17-9-3-10-18-24)30(36-25-19-11-4-12-20-25)28(26)22-13-5-1-6-14-22;1-14-12-17(18-13-14)19(15-8-4-2-5-9-15)16-10-6-3-7-11-16/h1-21H,(H,32,33);2-13H,1H3/q;+1/p-1. The van der Waals surface area contributed by atoms with Crippen molar-refractivity contribution in [2.45, 2.75) is 20.9 Å². The SMILES string of the molecule is Cc1csc([S+](c2ccccc2)c2ccccc2)c1.O=C([O-])c1cc(Oc2ccccc2)c(Oc2ccccc2)c(Oc2ccccc2)c1-c1ccccc1. The van der Waals surface area contributed by atoms with Gasteiger partial charge in [0.25, 0.3) is 0 Å². The van der Waals surface area contributed by atoms with Crippen molar-refractivity contribution in [2.75, 3.05) is 0 Å². The molecule has 0 N–H and O–H groups in total. The molecule has 0 aliphatic carbocycles. The van der Waals surface area contributed by atoms with E-state index >= 15 is 0 Å². The highest BCUT2D eigenvalue weighted by Crippen LogP contribution is 2.51. The zero-order valence-electron chi connectivity index (χ0n) is 29.9. The van der Waals surface area contributed by atoms with E-state index in [-0.39, 0.29) is 33.7 Å². The third-order valence-corrected chi connectivity index (χ3v) is 11.9. The van der Waals surface area contributed by atoms with E-state index in [0.29, 0.717) is 28.4 Å². The van der Waals surface area contributed by atoms with Crippen molar-refractivity contribution in [3.63, 3.8) is 0 Å². The smallest absolute Gasteiger partial charge is 0.220 e. The maximum atomic E-state index is 12.4. The number of thiophene rings is 1. The van der Waals surface area contributed by atoms with Gasteiger partial charge in [-0.1, -0.05) is 133 Å². The first-order valence-corrected chi connectivity index (χ1v) is 19.7. The van der Waals surface area contributed by atoms with Gasteiger partial charge < -0.3 is 24.1 Å². The maximum Gasteiger partial charge on any atom is 0.220 e. The van der Waals surface area contributed by atoms with Gasteiger partial charge in [-0.05, 0) is 90.2 Å². The molecule has 0 unspecified atom stereocenters. The molecule has 8 aromatic rings. The molecule has 0 saturated heterocycles. The number of carboxylic acid groups (broad SMARTS) is 1. The van der Waals surface area contributed by atoms with E-state index in [9.17, 15) is 9.90 Å². The Balaban J connectivity index is 0.000000205. The highest BCUT2D eigenvalue weighted by Gasteiger charge is 2.30. The fourth-order valence-electron chi connectivity index (χ4n) is 5.76. The predicted molar refractivity (Wildman–Crippen MR) is 220 cm³/mol. The molecular formula is C48H36O5S2. The molecule has 0 radical (unpaired) electrons. The van der Waals surface area contributed by atoms with Gasteiger partial charge in [0, 0.05) is 17.2 Å². The summed E-state index contributed by atoms with van der Waals surface area (Å²) >= 11 is 1.86. The van der Waals surface area contributed by atoms with Crippen molar-refractivity contribution in [3.05, 3.63) is 211 Å². The van der Waals surface area contributed by atoms with E-state index in [1.54, 1.807) is 36.4 Å². The maximum absolute atomic E-state index is 12.4. The Morgan fingerprint density at radius 3 is 1.38 bits per heavy atom. The number of hydrogen-bond acceptors (Lipinski definition) is 6. The number of carbonyl (C=O) groups is 1. The number of carboxylic acids is 1. The van der Waals surface area contributed by atoms with Crippen molar-refractivity contribution in [2.24, 2.45) is 0 Å². The first-order valence-electron chi connectivity index (χ1n) is 17.6. The van der Waals surface area contributed by atoms with E-state index in [4.69, 9.17) is 14.2 Å². The monoisotopic (exact) mass is 756 g/mol. The van der Waals surface area contributed by atoms with Gasteiger partial charge in [0.15, 0.2) is 21.3 Å². The van der Waals surface area contributed by atoms with Crippen molar-refractivity contribution in [1.29, 1.82) is 0 Å². The second-order valence-corrected chi connectivity index (χ2v) is 15.4. The first kappa shape index (κ1) is 36.8. The summed E-state index contributed by atoms with van der Waals surface area (Å²) in [7, 11) is 0.0247. The molecule has 1 heterocycles. The molecule has 270 valence electrons. The topological polar surface area (TPSA) is 67.8 Å². The normalized spacial score (nSPS) is 10.6. The number of carbonyl (C=O) groups excluding carboxylic acids is 1. The highest BCUT2D eigenvalue weighted by atomic mass is 32.2. The van der Waals surface area contributed by atoms with Crippen LogP contribution in [0.4, 0.5) is 0 Å². The minimum absolute atomic E-state index is 0.0247. The van der Waals surface area contributed by atoms with Crippen LogP contribution in [0.25, 0.3) is 11.1 Å². The lowest BCUT2D eigenvalue weighted by atomic mass is 9.97. The Morgan fingerprint density at radius 2 is 0.945 bits per heavy atom. The average molecular weight is 757 g/mol. The van der Waals surface area contributed by atoms with Crippen LogP contribution in [-0.2, 0) is 10.9 Å². The summed E-state index contributed by atoms with van der Waals surface area (Å²) < 4.78 is 20.2. The van der Waals surface area contributed by atoms with Gasteiger partial charge in [0.05, 0.1) is 5.97 Å². The Labute approximate surface area is 328 Å². The lowest BCUT2D eigenvalue weighted by Gasteiger charge is -2.23. The zero-order valence-corrected chi connectivity index (χ0v) is 31.5. The summed E-state index contributed by atoms with van der Waals surface area (Å²) in [5.41, 5.74) is 2.22. The third-order valence-electron chi connectivity index (χ3n) is 8.25. The van der Waals surface area contributed by atoms with Gasteiger partial charge in [0.1, 0.15) is 28.1 Å². The predicted octanol–water partition coefficient (Wildman–Crippen LogP) is 12.2. The molecule has 7 heteroatoms. The fourth-order valence-corrected chi connectivity index (χ4v) is 9.39. The average Bonchev–Trinajstić information content (AvgIpc) is 3.66. The minimum atomic E-state index is -1.36. The molecule has 0 fully saturated rings.